The van der Waals surface area contributed by atoms with E-state index in [1.54, 1.807) is 30.3 Å². The van der Waals surface area contributed by atoms with Crippen LogP contribution in [-0.2, 0) is 25.6 Å². The van der Waals surface area contributed by atoms with Crippen LogP contribution in [0.15, 0.2) is 72.3 Å². The molecule has 2 heterocycles. The number of aryl methyl sites for hydroxylation is 1. The van der Waals surface area contributed by atoms with Gasteiger partial charge in [-0.05, 0) is 48.3 Å². The Morgan fingerprint density at radius 2 is 1.65 bits per heavy atom. The molecule has 0 bridgehead atoms. The maximum absolute atomic E-state index is 14.2. The number of anilines is 1. The van der Waals surface area contributed by atoms with Crippen LogP contribution < -0.4 is 4.90 Å². The minimum Gasteiger partial charge on any atom is -0.507 e. The molecule has 1 N–H and O–H groups in total. The molecule has 43 heavy (non-hydrogen) atoms. The Morgan fingerprint density at radius 1 is 0.930 bits per heavy atom. The third kappa shape index (κ3) is 3.66. The van der Waals surface area contributed by atoms with Crippen LogP contribution >= 0.6 is 39.1 Å². The Morgan fingerprint density at radius 3 is 2.35 bits per heavy atom. The van der Waals surface area contributed by atoms with E-state index in [9.17, 15) is 24.3 Å². The molecule has 2 aliphatic heterocycles. The molecule has 0 unspecified atom stereocenters. The highest BCUT2D eigenvalue weighted by molar-refractivity contribution is 9.09. The summed E-state index contributed by atoms with van der Waals surface area (Å²) in [5.74, 6) is -5.23. The summed E-state index contributed by atoms with van der Waals surface area (Å²) >= 11 is 17.8. The molecular weight excluding hydrogens is 655 g/mol. The average molecular weight is 682 g/mol. The van der Waals surface area contributed by atoms with Crippen molar-refractivity contribution in [3.05, 3.63) is 83.4 Å². The first-order valence-corrected chi connectivity index (χ1v) is 16.1. The number of phenolic OH excluding ortho intramolecular Hbond substituents is 1. The zero-order chi connectivity index (χ0) is 30.4. The number of likely N-dealkylation sites (tertiary alicyclic amines) is 1. The molecule has 220 valence electrons. The molecule has 0 radical (unpaired) electrons. The largest absolute Gasteiger partial charge is 0.507 e. The zero-order valence-corrected chi connectivity index (χ0v) is 26.2. The molecule has 4 amide bonds. The molecule has 3 aromatic rings. The van der Waals surface area contributed by atoms with Crippen molar-refractivity contribution in [3.63, 3.8) is 0 Å². The first kappa shape index (κ1) is 28.6. The molecule has 10 heteroatoms. The number of hydrogen-bond donors (Lipinski definition) is 1. The summed E-state index contributed by atoms with van der Waals surface area (Å²) in [6, 6.07) is 18.1. The van der Waals surface area contributed by atoms with Gasteiger partial charge in [0.05, 0.1) is 23.0 Å². The number of allylic oxidation sites excluding steroid dienone is 2. The zero-order valence-electron chi connectivity index (χ0n) is 23.1. The molecule has 2 saturated heterocycles. The number of nitrogens with zero attached hydrogens (tertiary/aromatic N) is 2. The van der Waals surface area contributed by atoms with Crippen LogP contribution in [-0.4, -0.2) is 48.8 Å². The molecule has 4 aliphatic rings. The second kappa shape index (κ2) is 9.91. The van der Waals surface area contributed by atoms with Crippen molar-refractivity contribution in [2.24, 2.45) is 17.8 Å². The average Bonchev–Trinajstić information content (AvgIpc) is 3.35. The summed E-state index contributed by atoms with van der Waals surface area (Å²) in [6.07, 6.45) is 2.84. The minimum absolute atomic E-state index is 0.0742. The molecule has 3 fully saturated rings. The first-order valence-electron chi connectivity index (χ1n) is 14.3. The number of phenols is 1. The quantitative estimate of drug-likeness (QED) is 0.157. The lowest BCUT2D eigenvalue weighted by Gasteiger charge is -2.50. The van der Waals surface area contributed by atoms with Crippen LogP contribution in [0.5, 0.6) is 5.75 Å². The number of carbonyl (C=O) groups is 4. The van der Waals surface area contributed by atoms with E-state index >= 15 is 0 Å². The van der Waals surface area contributed by atoms with Gasteiger partial charge < -0.3 is 5.11 Å². The van der Waals surface area contributed by atoms with Crippen molar-refractivity contribution in [2.75, 3.05) is 10.4 Å². The fraction of sp³-hybridized carbons (Fsp3) is 0.333. The van der Waals surface area contributed by atoms with Crippen LogP contribution in [0, 0.1) is 17.8 Å². The summed E-state index contributed by atoms with van der Waals surface area (Å²) in [5.41, 5.74) is 2.44. The first-order chi connectivity index (χ1) is 20.6. The third-order valence-corrected chi connectivity index (χ3v) is 11.8. The maximum atomic E-state index is 14.2. The van der Waals surface area contributed by atoms with E-state index in [1.807, 2.05) is 43.3 Å². The number of hydrogen-bond acceptors (Lipinski definition) is 5. The molecule has 0 spiro atoms. The van der Waals surface area contributed by atoms with E-state index < -0.39 is 45.2 Å². The lowest BCUT2D eigenvalue weighted by molar-refractivity contribution is -0.138. The topological polar surface area (TPSA) is 95.0 Å². The molecule has 3 aromatic carbocycles. The van der Waals surface area contributed by atoms with E-state index in [2.05, 4.69) is 15.9 Å². The summed E-state index contributed by atoms with van der Waals surface area (Å²) in [4.78, 5) is 54.1. The van der Waals surface area contributed by atoms with Crippen LogP contribution in [0.25, 0.3) is 10.8 Å². The van der Waals surface area contributed by atoms with Gasteiger partial charge in [0, 0.05) is 16.9 Å². The van der Waals surface area contributed by atoms with Gasteiger partial charge in [0.25, 0.3) is 11.8 Å². The smallest absolute Gasteiger partial charge is 0.254 e. The summed E-state index contributed by atoms with van der Waals surface area (Å²) < 4.78 is 0. The minimum atomic E-state index is -1.98. The number of aromatic hydroxyl groups is 1. The molecule has 0 aromatic heterocycles. The van der Waals surface area contributed by atoms with E-state index in [-0.39, 0.29) is 35.9 Å². The fourth-order valence-electron chi connectivity index (χ4n) is 7.74. The van der Waals surface area contributed by atoms with Crippen molar-refractivity contribution in [1.82, 2.24) is 4.90 Å². The van der Waals surface area contributed by atoms with Crippen molar-refractivity contribution in [3.8, 4) is 5.75 Å². The van der Waals surface area contributed by atoms with Crippen molar-refractivity contribution >= 4 is 79.2 Å². The van der Waals surface area contributed by atoms with E-state index in [0.29, 0.717) is 22.2 Å². The summed E-state index contributed by atoms with van der Waals surface area (Å²) in [7, 11) is 0. The SMILES string of the molecule is CCc1ccc(N2C(=O)[C@H]3[C@H](CC=C4[C@H]3C[C@@]3(Cl)C(=O)N(CBr)C(=O)[C@@]3(Cl)[C@H]4c3ccc4ccccc4c3O)C2=O)cc1. The van der Waals surface area contributed by atoms with Gasteiger partial charge >= 0.3 is 0 Å². The fourth-order valence-corrected chi connectivity index (χ4v) is 9.16. The Bertz CT molecular complexity index is 1780. The van der Waals surface area contributed by atoms with Gasteiger partial charge in [0.2, 0.25) is 11.8 Å². The second-order valence-corrected chi connectivity index (χ2v) is 13.5. The van der Waals surface area contributed by atoms with Crippen LogP contribution in [0.2, 0.25) is 0 Å². The van der Waals surface area contributed by atoms with E-state index in [1.165, 1.54) is 4.90 Å². The van der Waals surface area contributed by atoms with Crippen molar-refractivity contribution in [1.29, 1.82) is 0 Å². The van der Waals surface area contributed by atoms with E-state index in [4.69, 9.17) is 23.2 Å². The molecular formula is C33H27BrCl2N2O5. The summed E-state index contributed by atoms with van der Waals surface area (Å²) in [5, 5.41) is 13.0. The Kier molecular flexibility index (Phi) is 6.58. The maximum Gasteiger partial charge on any atom is 0.254 e. The van der Waals surface area contributed by atoms with Crippen molar-refractivity contribution in [2.45, 2.75) is 41.9 Å². The number of alkyl halides is 3. The third-order valence-electron chi connectivity index (χ3n) is 9.86. The Labute approximate surface area is 266 Å². The van der Waals surface area contributed by atoms with Crippen molar-refractivity contribution < 1.29 is 24.3 Å². The normalized spacial score (nSPS) is 31.8. The number of halogens is 3. The van der Waals surface area contributed by atoms with Crippen LogP contribution in [0.1, 0.15) is 36.8 Å². The lowest BCUT2D eigenvalue weighted by Crippen LogP contribution is -2.60. The number of amides is 4. The predicted octanol–water partition coefficient (Wildman–Crippen LogP) is 6.02. The number of fused-ring (bicyclic) bond motifs is 5. The highest BCUT2D eigenvalue weighted by atomic mass is 79.9. The van der Waals surface area contributed by atoms with Gasteiger partial charge in [-0.1, -0.05) is 83.0 Å². The highest BCUT2D eigenvalue weighted by Gasteiger charge is 2.76. The van der Waals surface area contributed by atoms with Gasteiger partial charge in [-0.3, -0.25) is 29.0 Å². The molecule has 6 atom stereocenters. The van der Waals surface area contributed by atoms with Gasteiger partial charge in [0.1, 0.15) is 5.75 Å². The predicted molar refractivity (Wildman–Crippen MR) is 167 cm³/mol. The van der Waals surface area contributed by atoms with Gasteiger partial charge in [-0.2, -0.15) is 0 Å². The molecule has 2 aliphatic carbocycles. The standard InChI is InChI=1S/C33H27BrCl2N2O5/c1-2-17-7-10-19(11-8-17)38-28(40)22-14-13-21-24(25(22)29(38)41)15-32(35)30(42)37(16-34)31(43)33(32,36)26(21)23-12-9-18-5-3-4-6-20(18)27(23)39/h3-13,22,24-26,39H,2,14-16H2,1H3/t22-,24+,25-,26+,32+,33-/m0/s1. The Hall–Kier alpha value is -3.20. The number of carbonyl (C=O) groups excluding carboxylic acids is 4. The molecule has 7 nitrogen and oxygen atoms in total. The Balaban J connectivity index is 1.41. The molecule has 7 rings (SSSR count). The highest BCUT2D eigenvalue weighted by Crippen LogP contribution is 2.66. The lowest BCUT2D eigenvalue weighted by atomic mass is 9.56. The van der Waals surface area contributed by atoms with Gasteiger partial charge in [-0.15, -0.1) is 23.2 Å². The number of benzene rings is 3. The number of rotatable bonds is 4. The van der Waals surface area contributed by atoms with Gasteiger partial charge in [0.15, 0.2) is 9.75 Å². The second-order valence-electron chi connectivity index (χ2n) is 11.7. The summed E-state index contributed by atoms with van der Waals surface area (Å²) in [6.45, 7) is 2.03. The monoisotopic (exact) mass is 680 g/mol. The van der Waals surface area contributed by atoms with Crippen LogP contribution in [0.3, 0.4) is 0 Å². The van der Waals surface area contributed by atoms with E-state index in [0.717, 1.165) is 22.3 Å². The van der Waals surface area contributed by atoms with Crippen LogP contribution in [0.4, 0.5) is 5.69 Å². The number of imide groups is 2. The molecule has 1 saturated carbocycles. The van der Waals surface area contributed by atoms with Gasteiger partial charge in [-0.25, -0.2) is 0 Å².